The molecule has 2 aromatic carbocycles. The van der Waals surface area contributed by atoms with Gasteiger partial charge in [0.1, 0.15) is 23.4 Å². The first kappa shape index (κ1) is 13.3. The number of rotatable bonds is 3. The van der Waals surface area contributed by atoms with E-state index < -0.39 is 17.9 Å². The third kappa shape index (κ3) is 2.91. The maximum absolute atomic E-state index is 13.1. The van der Waals surface area contributed by atoms with Crippen LogP contribution < -0.4 is 5.32 Å². The van der Waals surface area contributed by atoms with E-state index in [9.17, 15) is 13.6 Å². The van der Waals surface area contributed by atoms with E-state index in [1.54, 1.807) is 24.3 Å². The minimum atomic E-state index is -0.575. The maximum atomic E-state index is 13.1. The van der Waals surface area contributed by atoms with Crippen molar-refractivity contribution in [3.05, 3.63) is 77.5 Å². The summed E-state index contributed by atoms with van der Waals surface area (Å²) in [6.07, 6.45) is 1.01. The van der Waals surface area contributed by atoms with Crippen molar-refractivity contribution in [2.45, 2.75) is 6.10 Å². The van der Waals surface area contributed by atoms with Gasteiger partial charge in [-0.1, -0.05) is 18.2 Å². The molecule has 0 saturated heterocycles. The summed E-state index contributed by atoms with van der Waals surface area (Å²) in [5.41, 5.74) is 1.36. The molecule has 0 aromatic heterocycles. The van der Waals surface area contributed by atoms with E-state index in [1.165, 1.54) is 30.3 Å². The van der Waals surface area contributed by atoms with Crippen molar-refractivity contribution >= 4 is 11.7 Å². The number of esters is 1. The lowest BCUT2D eigenvalue weighted by Gasteiger charge is -2.07. The third-order valence-electron chi connectivity index (χ3n) is 3.07. The second kappa shape index (κ2) is 5.36. The summed E-state index contributed by atoms with van der Waals surface area (Å²) in [6, 6.07) is 11.5. The summed E-state index contributed by atoms with van der Waals surface area (Å²) in [6.45, 7) is 0. The molecule has 1 unspecified atom stereocenters. The van der Waals surface area contributed by atoms with Crippen LogP contribution in [0.3, 0.4) is 0 Å². The van der Waals surface area contributed by atoms with Crippen LogP contribution in [0, 0.1) is 11.6 Å². The molecule has 1 N–H and O–H groups in total. The summed E-state index contributed by atoms with van der Waals surface area (Å²) in [5, 5.41) is 2.82. The van der Waals surface area contributed by atoms with Crippen molar-refractivity contribution in [3.63, 3.8) is 0 Å². The van der Waals surface area contributed by atoms with E-state index in [0.717, 1.165) is 0 Å². The minimum absolute atomic E-state index is 0.231. The predicted molar refractivity (Wildman–Crippen MR) is 73.3 cm³/mol. The van der Waals surface area contributed by atoms with Gasteiger partial charge in [-0.15, -0.1) is 0 Å². The Morgan fingerprint density at radius 2 is 1.76 bits per heavy atom. The average Bonchev–Trinajstić information content (AvgIpc) is 2.81. The van der Waals surface area contributed by atoms with Gasteiger partial charge >= 0.3 is 5.97 Å². The van der Waals surface area contributed by atoms with Crippen LogP contribution in [0.15, 0.2) is 60.3 Å². The summed E-state index contributed by atoms with van der Waals surface area (Å²) >= 11 is 0. The van der Waals surface area contributed by atoms with E-state index in [0.29, 0.717) is 11.3 Å². The SMILES string of the molecule is O=C1OC(c2ccc(F)cc2)C=C1Nc1cccc(F)c1. The molecule has 0 spiro atoms. The lowest BCUT2D eigenvalue weighted by molar-refractivity contribution is -0.139. The molecule has 1 aliphatic rings. The highest BCUT2D eigenvalue weighted by Gasteiger charge is 2.26. The number of cyclic esters (lactones) is 1. The van der Waals surface area contributed by atoms with Gasteiger partial charge in [0, 0.05) is 5.69 Å². The Labute approximate surface area is 119 Å². The zero-order valence-electron chi connectivity index (χ0n) is 10.8. The summed E-state index contributed by atoms with van der Waals surface area (Å²) in [4.78, 5) is 11.8. The van der Waals surface area contributed by atoms with Crippen LogP contribution in [0.5, 0.6) is 0 Å². The molecule has 0 saturated carbocycles. The molecule has 5 heteroatoms. The van der Waals surface area contributed by atoms with Gasteiger partial charge in [0.25, 0.3) is 0 Å². The van der Waals surface area contributed by atoms with Crippen molar-refractivity contribution in [1.82, 2.24) is 0 Å². The molecule has 1 aliphatic heterocycles. The second-order valence-corrected chi connectivity index (χ2v) is 4.59. The average molecular weight is 287 g/mol. The highest BCUT2D eigenvalue weighted by Crippen LogP contribution is 2.28. The molecule has 1 atom stereocenters. The number of hydrogen-bond donors (Lipinski definition) is 1. The predicted octanol–water partition coefficient (Wildman–Crippen LogP) is 3.56. The second-order valence-electron chi connectivity index (χ2n) is 4.59. The molecule has 0 amide bonds. The smallest absolute Gasteiger partial charge is 0.355 e. The van der Waals surface area contributed by atoms with Gasteiger partial charge in [0.2, 0.25) is 0 Å². The molecule has 0 radical (unpaired) electrons. The molecule has 1 heterocycles. The van der Waals surface area contributed by atoms with Crippen molar-refractivity contribution < 1.29 is 18.3 Å². The Kier molecular flexibility index (Phi) is 3.39. The number of nitrogens with one attached hydrogen (secondary N) is 1. The quantitative estimate of drug-likeness (QED) is 0.877. The van der Waals surface area contributed by atoms with E-state index in [1.807, 2.05) is 0 Å². The summed E-state index contributed by atoms with van der Waals surface area (Å²) in [5.74, 6) is -1.29. The van der Waals surface area contributed by atoms with Gasteiger partial charge < -0.3 is 10.1 Å². The Bertz CT molecular complexity index is 710. The highest BCUT2D eigenvalue weighted by molar-refractivity contribution is 5.94. The molecule has 21 heavy (non-hydrogen) atoms. The molecular weight excluding hydrogens is 276 g/mol. The van der Waals surface area contributed by atoms with Crippen molar-refractivity contribution in [2.75, 3.05) is 5.32 Å². The van der Waals surface area contributed by atoms with Crippen LogP contribution in [0.4, 0.5) is 14.5 Å². The Morgan fingerprint density at radius 1 is 1.00 bits per heavy atom. The van der Waals surface area contributed by atoms with Gasteiger partial charge in [-0.2, -0.15) is 0 Å². The number of carbonyl (C=O) groups excluding carboxylic acids is 1. The number of anilines is 1. The van der Waals surface area contributed by atoms with Crippen LogP contribution in [0.1, 0.15) is 11.7 Å². The first-order valence-electron chi connectivity index (χ1n) is 6.33. The molecule has 0 bridgehead atoms. The Hall–Kier alpha value is -2.69. The number of halogens is 2. The van der Waals surface area contributed by atoms with Gasteiger partial charge in [-0.3, -0.25) is 0 Å². The molecule has 0 fully saturated rings. The fourth-order valence-electron chi connectivity index (χ4n) is 2.06. The minimum Gasteiger partial charge on any atom is -0.448 e. The van der Waals surface area contributed by atoms with E-state index in [4.69, 9.17) is 4.74 Å². The van der Waals surface area contributed by atoms with Crippen molar-refractivity contribution in [2.24, 2.45) is 0 Å². The Balaban J connectivity index is 1.81. The topological polar surface area (TPSA) is 38.3 Å². The zero-order chi connectivity index (χ0) is 14.8. The molecule has 3 rings (SSSR count). The molecular formula is C16H11F2NO2. The highest BCUT2D eigenvalue weighted by atomic mass is 19.1. The van der Waals surface area contributed by atoms with E-state index in [2.05, 4.69) is 5.32 Å². The molecule has 3 nitrogen and oxygen atoms in total. The summed E-state index contributed by atoms with van der Waals surface area (Å²) in [7, 11) is 0. The first-order valence-corrected chi connectivity index (χ1v) is 6.33. The first-order chi connectivity index (χ1) is 10.1. The zero-order valence-corrected chi connectivity index (χ0v) is 10.8. The van der Waals surface area contributed by atoms with Gasteiger partial charge in [-0.25, -0.2) is 13.6 Å². The monoisotopic (exact) mass is 287 g/mol. The number of carbonyl (C=O) groups is 1. The van der Waals surface area contributed by atoms with Crippen LogP contribution in [-0.2, 0) is 9.53 Å². The van der Waals surface area contributed by atoms with Crippen LogP contribution in [-0.4, -0.2) is 5.97 Å². The lowest BCUT2D eigenvalue weighted by Crippen LogP contribution is -2.08. The number of hydrogen-bond acceptors (Lipinski definition) is 3. The fourth-order valence-corrected chi connectivity index (χ4v) is 2.06. The number of ether oxygens (including phenoxy) is 1. The standard InChI is InChI=1S/C16H11F2NO2/c17-11-6-4-10(5-7-11)15-9-14(16(20)21-15)19-13-3-1-2-12(18)8-13/h1-9,15,19H. The largest absolute Gasteiger partial charge is 0.448 e. The summed E-state index contributed by atoms with van der Waals surface area (Å²) < 4.78 is 31.2. The normalized spacial score (nSPS) is 17.3. The van der Waals surface area contributed by atoms with Crippen LogP contribution in [0.25, 0.3) is 0 Å². The fraction of sp³-hybridized carbons (Fsp3) is 0.0625. The van der Waals surface area contributed by atoms with Gasteiger partial charge in [0.15, 0.2) is 0 Å². The van der Waals surface area contributed by atoms with Crippen LogP contribution >= 0.6 is 0 Å². The van der Waals surface area contributed by atoms with Gasteiger partial charge in [-0.05, 0) is 42.0 Å². The molecule has 106 valence electrons. The molecule has 0 aliphatic carbocycles. The number of benzene rings is 2. The van der Waals surface area contributed by atoms with Gasteiger partial charge in [0.05, 0.1) is 0 Å². The Morgan fingerprint density at radius 3 is 2.48 bits per heavy atom. The lowest BCUT2D eigenvalue weighted by atomic mass is 10.1. The third-order valence-corrected chi connectivity index (χ3v) is 3.07. The molecule has 2 aromatic rings. The maximum Gasteiger partial charge on any atom is 0.355 e. The van der Waals surface area contributed by atoms with E-state index in [-0.39, 0.29) is 11.5 Å². The van der Waals surface area contributed by atoms with Crippen molar-refractivity contribution in [1.29, 1.82) is 0 Å². The van der Waals surface area contributed by atoms with Crippen LogP contribution in [0.2, 0.25) is 0 Å². The van der Waals surface area contributed by atoms with E-state index >= 15 is 0 Å². The van der Waals surface area contributed by atoms with Crippen molar-refractivity contribution in [3.8, 4) is 0 Å².